The van der Waals surface area contributed by atoms with E-state index in [-0.39, 0.29) is 11.6 Å². The van der Waals surface area contributed by atoms with Gasteiger partial charge in [0.1, 0.15) is 5.69 Å². The molecule has 0 atom stereocenters. The third-order valence-corrected chi connectivity index (χ3v) is 5.49. The van der Waals surface area contributed by atoms with E-state index in [4.69, 9.17) is 11.6 Å². The van der Waals surface area contributed by atoms with E-state index >= 15 is 0 Å². The number of aryl methyl sites for hydroxylation is 1. The molecule has 1 saturated heterocycles. The molecule has 1 amide bonds. The molecule has 3 aromatic rings. The van der Waals surface area contributed by atoms with Crippen LogP contribution in [-0.2, 0) is 6.18 Å². The van der Waals surface area contributed by atoms with Crippen molar-refractivity contribution < 1.29 is 18.0 Å². The number of aromatic nitrogens is 2. The number of hydrogen-bond acceptors (Lipinski definition) is 3. The van der Waals surface area contributed by atoms with Crippen LogP contribution in [0.5, 0.6) is 0 Å². The average molecular weight is 449 g/mol. The molecule has 162 valence electrons. The Hall–Kier alpha value is -3.00. The van der Waals surface area contributed by atoms with Crippen LogP contribution in [0.4, 0.5) is 18.9 Å². The van der Waals surface area contributed by atoms with Gasteiger partial charge in [-0.3, -0.25) is 4.79 Å². The van der Waals surface area contributed by atoms with Gasteiger partial charge in [0, 0.05) is 36.9 Å². The summed E-state index contributed by atoms with van der Waals surface area (Å²) in [7, 11) is 0. The van der Waals surface area contributed by atoms with Gasteiger partial charge in [-0.15, -0.1) is 0 Å². The number of amides is 1. The molecule has 0 N–H and O–H groups in total. The number of hydrogen-bond donors (Lipinski definition) is 0. The second-order valence-electron chi connectivity index (χ2n) is 7.35. The number of carbonyl (C=O) groups excluding carboxylic acids is 1. The Balaban J connectivity index is 1.52. The highest BCUT2D eigenvalue weighted by Gasteiger charge is 2.35. The smallest absolute Gasteiger partial charge is 0.367 e. The van der Waals surface area contributed by atoms with Gasteiger partial charge in [-0.2, -0.15) is 18.3 Å². The number of rotatable bonds is 3. The zero-order chi connectivity index (χ0) is 22.2. The number of para-hydroxylation sites is 1. The van der Waals surface area contributed by atoms with Crippen LogP contribution in [0.25, 0.3) is 5.69 Å². The van der Waals surface area contributed by atoms with Crippen molar-refractivity contribution in [2.24, 2.45) is 0 Å². The molecule has 0 aliphatic carbocycles. The molecule has 0 saturated carbocycles. The molecule has 1 aromatic heterocycles. The Morgan fingerprint density at radius 2 is 1.65 bits per heavy atom. The van der Waals surface area contributed by atoms with Gasteiger partial charge in [0.2, 0.25) is 0 Å². The summed E-state index contributed by atoms with van der Waals surface area (Å²) in [5, 5.41) is 5.00. The largest absolute Gasteiger partial charge is 0.418 e. The summed E-state index contributed by atoms with van der Waals surface area (Å²) in [5.74, 6) is -0.209. The van der Waals surface area contributed by atoms with Crippen molar-refractivity contribution in [3.8, 4) is 5.69 Å². The highest BCUT2D eigenvalue weighted by Crippen LogP contribution is 2.36. The van der Waals surface area contributed by atoms with Crippen LogP contribution in [0.3, 0.4) is 0 Å². The van der Waals surface area contributed by atoms with Crippen molar-refractivity contribution in [3.63, 3.8) is 0 Å². The minimum Gasteiger partial charge on any atom is -0.367 e. The Bertz CT molecular complexity index is 1090. The molecule has 2 aromatic carbocycles. The van der Waals surface area contributed by atoms with E-state index in [1.807, 2.05) is 0 Å². The summed E-state index contributed by atoms with van der Waals surface area (Å²) in [6, 6.07) is 14.2. The minimum atomic E-state index is -4.42. The average Bonchev–Trinajstić information content (AvgIpc) is 3.15. The molecule has 4 rings (SSSR count). The first-order chi connectivity index (χ1) is 14.7. The summed E-state index contributed by atoms with van der Waals surface area (Å²) in [6.07, 6.45) is -4.42. The van der Waals surface area contributed by atoms with Crippen molar-refractivity contribution in [2.75, 3.05) is 31.1 Å². The van der Waals surface area contributed by atoms with E-state index in [2.05, 4.69) is 5.10 Å². The Morgan fingerprint density at radius 1 is 1.00 bits per heavy atom. The molecule has 0 spiro atoms. The van der Waals surface area contributed by atoms with Crippen LogP contribution in [0, 0.1) is 6.92 Å². The lowest BCUT2D eigenvalue weighted by Gasteiger charge is -2.37. The highest BCUT2D eigenvalue weighted by atomic mass is 35.5. The zero-order valence-electron chi connectivity index (χ0n) is 16.7. The lowest BCUT2D eigenvalue weighted by atomic mass is 10.1. The Kier molecular flexibility index (Phi) is 5.66. The maximum Gasteiger partial charge on any atom is 0.418 e. The lowest BCUT2D eigenvalue weighted by molar-refractivity contribution is -0.137. The molecular weight excluding hydrogens is 429 g/mol. The number of piperazine rings is 1. The standard InChI is InChI=1S/C22H20ClF3N4O/c1-15-14-20(30(27-15)17-8-6-16(23)7-9-17)21(31)29-12-10-28(11-13-29)19-5-3-2-4-18(19)22(24,25)26/h2-9,14H,10-13H2,1H3. The van der Waals surface area contributed by atoms with Crippen molar-refractivity contribution in [2.45, 2.75) is 13.1 Å². The first-order valence-corrected chi connectivity index (χ1v) is 10.1. The topological polar surface area (TPSA) is 41.4 Å². The van der Waals surface area contributed by atoms with Crippen molar-refractivity contribution >= 4 is 23.2 Å². The van der Waals surface area contributed by atoms with E-state index in [9.17, 15) is 18.0 Å². The maximum atomic E-state index is 13.4. The monoisotopic (exact) mass is 448 g/mol. The van der Waals surface area contributed by atoms with Crippen LogP contribution < -0.4 is 4.90 Å². The maximum absolute atomic E-state index is 13.4. The zero-order valence-corrected chi connectivity index (χ0v) is 17.5. The van der Waals surface area contributed by atoms with Crippen LogP contribution in [-0.4, -0.2) is 46.8 Å². The SMILES string of the molecule is Cc1cc(C(=O)N2CCN(c3ccccc3C(F)(F)F)CC2)n(-c2ccc(Cl)cc2)n1. The van der Waals surface area contributed by atoms with E-state index in [0.29, 0.717) is 48.3 Å². The molecule has 9 heteroatoms. The molecule has 0 unspecified atom stereocenters. The molecule has 1 aliphatic heterocycles. The van der Waals surface area contributed by atoms with E-state index < -0.39 is 11.7 Å². The first kappa shape index (κ1) is 21.2. The number of benzene rings is 2. The minimum absolute atomic E-state index is 0.143. The van der Waals surface area contributed by atoms with Gasteiger partial charge in [-0.25, -0.2) is 4.68 Å². The fourth-order valence-electron chi connectivity index (χ4n) is 3.73. The van der Waals surface area contributed by atoms with Gasteiger partial charge >= 0.3 is 6.18 Å². The summed E-state index contributed by atoms with van der Waals surface area (Å²) < 4.78 is 41.6. The second-order valence-corrected chi connectivity index (χ2v) is 7.79. The number of alkyl halides is 3. The summed E-state index contributed by atoms with van der Waals surface area (Å²) in [5.41, 5.74) is 1.29. The fraction of sp³-hybridized carbons (Fsp3) is 0.273. The van der Waals surface area contributed by atoms with Gasteiger partial charge in [-0.1, -0.05) is 23.7 Å². The van der Waals surface area contributed by atoms with Crippen LogP contribution in [0.15, 0.2) is 54.6 Å². The third kappa shape index (κ3) is 4.39. The third-order valence-electron chi connectivity index (χ3n) is 5.24. The van der Waals surface area contributed by atoms with Gasteiger partial charge in [0.05, 0.1) is 16.9 Å². The molecular formula is C22H20ClF3N4O. The number of carbonyl (C=O) groups is 1. The quantitative estimate of drug-likeness (QED) is 0.577. The van der Waals surface area contributed by atoms with Crippen molar-refractivity contribution in [1.82, 2.24) is 14.7 Å². The van der Waals surface area contributed by atoms with Gasteiger partial charge < -0.3 is 9.80 Å². The molecule has 1 aliphatic rings. The van der Waals surface area contributed by atoms with Gasteiger partial charge in [0.15, 0.2) is 0 Å². The highest BCUT2D eigenvalue weighted by molar-refractivity contribution is 6.30. The van der Waals surface area contributed by atoms with Crippen LogP contribution in [0.1, 0.15) is 21.7 Å². The van der Waals surface area contributed by atoms with Crippen molar-refractivity contribution in [1.29, 1.82) is 0 Å². The molecule has 0 radical (unpaired) electrons. The first-order valence-electron chi connectivity index (χ1n) is 9.77. The molecule has 31 heavy (non-hydrogen) atoms. The van der Waals surface area contributed by atoms with Gasteiger partial charge in [0.25, 0.3) is 5.91 Å². The Labute approximate surface area is 182 Å². The lowest BCUT2D eigenvalue weighted by Crippen LogP contribution is -2.49. The van der Waals surface area contributed by atoms with E-state index in [1.165, 1.54) is 12.1 Å². The summed E-state index contributed by atoms with van der Waals surface area (Å²) in [4.78, 5) is 16.5. The van der Waals surface area contributed by atoms with E-state index in [0.717, 1.165) is 6.07 Å². The molecule has 1 fully saturated rings. The number of nitrogens with zero attached hydrogens (tertiary/aromatic N) is 4. The van der Waals surface area contributed by atoms with Crippen LogP contribution in [0.2, 0.25) is 5.02 Å². The number of halogens is 4. The van der Waals surface area contributed by atoms with Crippen molar-refractivity contribution in [3.05, 3.63) is 76.6 Å². The summed E-state index contributed by atoms with van der Waals surface area (Å²) in [6.45, 7) is 3.06. The predicted octanol–water partition coefficient (Wildman–Crippen LogP) is 4.82. The normalized spacial score (nSPS) is 14.7. The molecule has 0 bridgehead atoms. The summed E-state index contributed by atoms with van der Waals surface area (Å²) >= 11 is 5.95. The predicted molar refractivity (Wildman–Crippen MR) is 113 cm³/mol. The fourth-order valence-corrected chi connectivity index (χ4v) is 3.86. The van der Waals surface area contributed by atoms with Crippen LogP contribution >= 0.6 is 11.6 Å². The van der Waals surface area contributed by atoms with Gasteiger partial charge in [-0.05, 0) is 49.4 Å². The number of anilines is 1. The molecule has 5 nitrogen and oxygen atoms in total. The van der Waals surface area contributed by atoms with E-state index in [1.54, 1.807) is 57.8 Å². The second kappa shape index (κ2) is 8.26. The Morgan fingerprint density at radius 3 is 2.29 bits per heavy atom. The molecule has 2 heterocycles.